The molecule has 3 heterocycles. The predicted molar refractivity (Wildman–Crippen MR) is 124 cm³/mol. The normalized spacial score (nSPS) is 11.9. The number of anilines is 1. The highest BCUT2D eigenvalue weighted by Crippen LogP contribution is 2.34. The fraction of sp³-hybridized carbons (Fsp3) is 0.364. The number of halogens is 1. The first-order valence-electron chi connectivity index (χ1n) is 10.2. The molecule has 0 radical (unpaired) electrons. The maximum absolute atomic E-state index is 14.3. The Morgan fingerprint density at radius 2 is 1.88 bits per heavy atom. The number of pyridine rings is 2. The minimum absolute atomic E-state index is 0. The summed E-state index contributed by atoms with van der Waals surface area (Å²) in [6.45, 7) is 4.73. The zero-order chi connectivity index (χ0) is 25.3. The summed E-state index contributed by atoms with van der Waals surface area (Å²) >= 11 is 0. The number of rotatable bonds is 7. The van der Waals surface area contributed by atoms with E-state index >= 15 is 0 Å². The SMILES string of the molecule is COC(=O)CCC(=O)Nc1cc(-c2cnc3cc(OC)c(S(=O)(=O)C(C)(C)C)cn23)cc(F)n1.[HH]. The van der Waals surface area contributed by atoms with Gasteiger partial charge in [-0.3, -0.25) is 14.0 Å². The lowest BCUT2D eigenvalue weighted by molar-refractivity contribution is -0.141. The number of hydrogen-bond acceptors (Lipinski definition) is 8. The molecule has 0 aliphatic carbocycles. The van der Waals surface area contributed by atoms with Crippen molar-refractivity contribution < 1.29 is 33.3 Å². The third kappa shape index (κ3) is 5.01. The van der Waals surface area contributed by atoms with E-state index < -0.39 is 32.4 Å². The van der Waals surface area contributed by atoms with E-state index in [4.69, 9.17) is 4.74 Å². The fourth-order valence-electron chi connectivity index (χ4n) is 3.12. The van der Waals surface area contributed by atoms with Gasteiger partial charge in [-0.2, -0.15) is 4.39 Å². The lowest BCUT2D eigenvalue weighted by atomic mass is 10.2. The smallest absolute Gasteiger partial charge is 0.306 e. The maximum Gasteiger partial charge on any atom is 0.306 e. The second-order valence-electron chi connectivity index (χ2n) is 8.38. The average molecular weight is 495 g/mol. The van der Waals surface area contributed by atoms with Crippen LogP contribution in [0.2, 0.25) is 0 Å². The average Bonchev–Trinajstić information content (AvgIpc) is 3.18. The van der Waals surface area contributed by atoms with Gasteiger partial charge >= 0.3 is 5.97 Å². The second-order valence-corrected chi connectivity index (χ2v) is 11.1. The molecule has 3 aromatic heterocycles. The first-order valence-corrected chi connectivity index (χ1v) is 11.7. The zero-order valence-corrected chi connectivity index (χ0v) is 20.2. The lowest BCUT2D eigenvalue weighted by Gasteiger charge is -2.21. The van der Waals surface area contributed by atoms with Gasteiger partial charge in [-0.05, 0) is 26.8 Å². The molecule has 0 bridgehead atoms. The van der Waals surface area contributed by atoms with Crippen molar-refractivity contribution in [2.45, 2.75) is 43.3 Å². The van der Waals surface area contributed by atoms with Crippen molar-refractivity contribution in [3.05, 3.63) is 36.5 Å². The molecule has 10 nitrogen and oxygen atoms in total. The molecule has 0 aliphatic rings. The van der Waals surface area contributed by atoms with Crippen LogP contribution in [0.15, 0.2) is 35.5 Å². The van der Waals surface area contributed by atoms with Crippen molar-refractivity contribution in [1.82, 2.24) is 14.4 Å². The molecule has 0 spiro atoms. The van der Waals surface area contributed by atoms with Gasteiger partial charge in [-0.25, -0.2) is 18.4 Å². The van der Waals surface area contributed by atoms with E-state index in [1.807, 2.05) is 0 Å². The van der Waals surface area contributed by atoms with Crippen molar-refractivity contribution in [3.8, 4) is 17.0 Å². The molecule has 34 heavy (non-hydrogen) atoms. The lowest BCUT2D eigenvalue weighted by Crippen LogP contribution is -2.28. The Morgan fingerprint density at radius 3 is 2.50 bits per heavy atom. The summed E-state index contributed by atoms with van der Waals surface area (Å²) in [5, 5.41) is 2.44. The number of carbonyl (C=O) groups is 2. The Hall–Kier alpha value is -3.54. The van der Waals surface area contributed by atoms with Crippen molar-refractivity contribution in [3.63, 3.8) is 0 Å². The number of aromatic nitrogens is 3. The van der Waals surface area contributed by atoms with E-state index in [-0.39, 0.29) is 30.7 Å². The van der Waals surface area contributed by atoms with Gasteiger partial charge in [-0.1, -0.05) is 0 Å². The molecule has 184 valence electrons. The Morgan fingerprint density at radius 1 is 1.18 bits per heavy atom. The number of fused-ring (bicyclic) bond motifs is 1. The van der Waals surface area contributed by atoms with Crippen LogP contribution in [0.3, 0.4) is 0 Å². The highest BCUT2D eigenvalue weighted by Gasteiger charge is 2.34. The van der Waals surface area contributed by atoms with Gasteiger partial charge in [0.1, 0.15) is 22.1 Å². The van der Waals surface area contributed by atoms with E-state index in [0.717, 1.165) is 6.07 Å². The summed E-state index contributed by atoms with van der Waals surface area (Å²) in [4.78, 5) is 31.2. The Balaban J connectivity index is 0.00000432. The minimum Gasteiger partial charge on any atom is -0.495 e. The Labute approximate surface area is 197 Å². The van der Waals surface area contributed by atoms with Crippen molar-refractivity contribution in [1.29, 1.82) is 0 Å². The Kier molecular flexibility index (Phi) is 6.92. The number of sulfone groups is 1. The van der Waals surface area contributed by atoms with Gasteiger partial charge in [-0.15, -0.1) is 0 Å². The monoisotopic (exact) mass is 494 g/mol. The van der Waals surface area contributed by atoms with E-state index in [9.17, 15) is 22.4 Å². The van der Waals surface area contributed by atoms with Crippen LogP contribution in [0.4, 0.5) is 10.2 Å². The van der Waals surface area contributed by atoms with Crippen LogP contribution in [0.5, 0.6) is 5.75 Å². The molecule has 0 atom stereocenters. The first kappa shape index (κ1) is 25.1. The molecule has 12 heteroatoms. The van der Waals surface area contributed by atoms with Crippen LogP contribution in [0, 0.1) is 5.95 Å². The van der Waals surface area contributed by atoms with Crippen LogP contribution >= 0.6 is 0 Å². The van der Waals surface area contributed by atoms with Gasteiger partial charge in [0.15, 0.2) is 9.84 Å². The molecule has 0 fully saturated rings. The summed E-state index contributed by atoms with van der Waals surface area (Å²) in [6, 6.07) is 4.04. The number of methoxy groups -OCH3 is 2. The van der Waals surface area contributed by atoms with Crippen LogP contribution in [0.1, 0.15) is 35.0 Å². The number of nitrogens with one attached hydrogen (secondary N) is 1. The van der Waals surface area contributed by atoms with Gasteiger partial charge in [0.25, 0.3) is 0 Å². The standard InChI is InChI=1S/C22H25FN4O6S.H2/c1-22(2,3)34(30,31)16-12-27-14(11-24-19(27)10-15(16)32-4)13-8-17(23)25-18(9-13)26-20(28)6-7-21(29)33-5;/h8-12H,6-7H2,1-5H3,(H,25,26,28);1H. The van der Waals surface area contributed by atoms with Gasteiger partial charge in [0.2, 0.25) is 11.9 Å². The summed E-state index contributed by atoms with van der Waals surface area (Å²) in [6.07, 6.45) is 2.53. The molecule has 1 N–H and O–H groups in total. The molecule has 3 rings (SSSR count). The van der Waals surface area contributed by atoms with Gasteiger partial charge in [0.05, 0.1) is 37.3 Å². The summed E-state index contributed by atoms with van der Waals surface area (Å²) in [5.41, 5.74) is 1.04. The number of ether oxygens (including phenoxy) is 2. The van der Waals surface area contributed by atoms with Gasteiger partial charge in [0, 0.05) is 31.7 Å². The molecule has 0 unspecified atom stereocenters. The van der Waals surface area contributed by atoms with E-state index in [0.29, 0.717) is 16.9 Å². The number of carbonyl (C=O) groups excluding carboxylic acids is 2. The third-order valence-corrected chi connectivity index (χ3v) is 7.53. The third-order valence-electron chi connectivity index (χ3n) is 5.03. The van der Waals surface area contributed by atoms with E-state index in [1.165, 1.54) is 43.1 Å². The van der Waals surface area contributed by atoms with E-state index in [2.05, 4.69) is 20.0 Å². The number of hydrogen-bond donors (Lipinski definition) is 1. The molecular weight excluding hydrogens is 467 g/mol. The number of amides is 1. The zero-order valence-electron chi connectivity index (χ0n) is 19.4. The molecule has 1 amide bonds. The minimum atomic E-state index is -3.79. The Bertz CT molecular complexity index is 1370. The quantitative estimate of drug-likeness (QED) is 0.391. The van der Waals surface area contributed by atoms with Crippen LogP contribution < -0.4 is 10.1 Å². The first-order chi connectivity index (χ1) is 15.9. The highest BCUT2D eigenvalue weighted by atomic mass is 32.2. The molecule has 0 aliphatic heterocycles. The van der Waals surface area contributed by atoms with Crippen molar-refractivity contribution in [2.24, 2.45) is 0 Å². The van der Waals surface area contributed by atoms with E-state index in [1.54, 1.807) is 20.8 Å². The van der Waals surface area contributed by atoms with Crippen molar-refractivity contribution >= 4 is 33.2 Å². The van der Waals surface area contributed by atoms with Crippen LogP contribution in [-0.2, 0) is 24.2 Å². The topological polar surface area (TPSA) is 129 Å². The molecule has 0 saturated carbocycles. The van der Waals surface area contributed by atoms with Crippen molar-refractivity contribution in [2.75, 3.05) is 19.5 Å². The summed E-state index contributed by atoms with van der Waals surface area (Å²) < 4.78 is 50.8. The number of nitrogens with zero attached hydrogens (tertiary/aromatic N) is 3. The second kappa shape index (κ2) is 9.37. The predicted octanol–water partition coefficient (Wildman–Crippen LogP) is 3.25. The molecular formula is C22H27FN4O6S. The molecule has 0 aromatic carbocycles. The summed E-state index contributed by atoms with van der Waals surface area (Å²) in [5.74, 6) is -1.90. The molecule has 3 aromatic rings. The maximum atomic E-state index is 14.3. The summed E-state index contributed by atoms with van der Waals surface area (Å²) in [7, 11) is -1.21. The van der Waals surface area contributed by atoms with Crippen LogP contribution in [-0.4, -0.2) is 53.6 Å². The number of imidazole rings is 1. The van der Waals surface area contributed by atoms with Crippen LogP contribution in [0.25, 0.3) is 16.9 Å². The number of esters is 1. The van der Waals surface area contributed by atoms with Gasteiger partial charge < -0.3 is 14.8 Å². The fourth-order valence-corrected chi connectivity index (χ4v) is 4.43. The highest BCUT2D eigenvalue weighted by molar-refractivity contribution is 7.92. The molecule has 0 saturated heterocycles. The largest absolute Gasteiger partial charge is 0.495 e.